The molecule has 1 rings (SSSR count). The van der Waals surface area contributed by atoms with E-state index in [1.165, 1.54) is 0 Å². The van der Waals surface area contributed by atoms with Crippen molar-refractivity contribution >= 4 is 58.4 Å². The topological polar surface area (TPSA) is 103 Å². The zero-order chi connectivity index (χ0) is 19.3. The van der Waals surface area contributed by atoms with Gasteiger partial charge < -0.3 is 21.2 Å². The number of hydrazone groups is 1. The van der Waals surface area contributed by atoms with Gasteiger partial charge in [0, 0.05) is 14.5 Å². The molecule has 0 aliphatic carbocycles. The number of halogens is 1. The summed E-state index contributed by atoms with van der Waals surface area (Å²) in [6.45, 7) is 5.85. The maximum absolute atomic E-state index is 6.34. The Morgan fingerprint density at radius 3 is 2.44 bits per heavy atom. The number of hydrogen-bond donors (Lipinski definition) is 3. The first-order chi connectivity index (χ1) is 11.5. The minimum Gasteiger partial charge on any atom is -0.481 e. The highest BCUT2D eigenvalue weighted by molar-refractivity contribution is 8.55. The molecule has 0 spiro atoms. The molecule has 5 unspecified atom stereocenters. The lowest BCUT2D eigenvalue weighted by Gasteiger charge is -2.37. The summed E-state index contributed by atoms with van der Waals surface area (Å²) in [5.74, 6) is 0.745. The Balaban J connectivity index is 2.85. The fourth-order valence-electron chi connectivity index (χ4n) is 1.69. The molecule has 1 aromatic carbocycles. The van der Waals surface area contributed by atoms with Crippen LogP contribution in [0.3, 0.4) is 0 Å². The van der Waals surface area contributed by atoms with Crippen LogP contribution in [-0.2, 0) is 11.8 Å². The standard InChI is InChI=1S/C13H26ClN5OP4S/c1-5-13(2,22(16)23(17)21-15)20-12-8-6-11(7-9-12)10-18-19(3)24(4,14)25/h6-10,21H,5,15-17H2,1-4H3/b18-10+. The predicted octanol–water partition coefficient (Wildman–Crippen LogP) is 4.73. The number of nitrogens with two attached hydrogens (primary N) is 3. The highest BCUT2D eigenvalue weighted by Crippen LogP contribution is 2.74. The molecule has 5 atom stereocenters. The molecule has 0 heterocycles. The summed E-state index contributed by atoms with van der Waals surface area (Å²) >= 11 is 11.3. The van der Waals surface area contributed by atoms with Gasteiger partial charge in [0.1, 0.15) is 16.6 Å². The molecule has 6 N–H and O–H groups in total. The van der Waals surface area contributed by atoms with E-state index >= 15 is 0 Å². The van der Waals surface area contributed by atoms with Crippen LogP contribution in [0.2, 0.25) is 0 Å². The van der Waals surface area contributed by atoms with E-state index in [1.807, 2.05) is 44.8 Å². The maximum atomic E-state index is 6.34. The highest BCUT2D eigenvalue weighted by Gasteiger charge is 2.36. The van der Waals surface area contributed by atoms with Crippen LogP contribution in [0.15, 0.2) is 29.4 Å². The molecular formula is C13H26ClN5OP4S. The van der Waals surface area contributed by atoms with Gasteiger partial charge >= 0.3 is 0 Å². The second-order valence-electron chi connectivity index (χ2n) is 5.53. The molecule has 0 radical (unpaired) electrons. The third-order valence-electron chi connectivity index (χ3n) is 3.61. The van der Waals surface area contributed by atoms with Gasteiger partial charge in [0.2, 0.25) is 0 Å². The largest absolute Gasteiger partial charge is 0.481 e. The summed E-state index contributed by atoms with van der Waals surface area (Å²) in [6.07, 6.45) is 2.49. The van der Waals surface area contributed by atoms with Crippen molar-refractivity contribution in [3.8, 4) is 5.75 Å². The quantitative estimate of drug-likeness (QED) is 0.280. The van der Waals surface area contributed by atoms with Crippen LogP contribution < -0.4 is 21.2 Å². The molecule has 0 aliphatic rings. The van der Waals surface area contributed by atoms with Crippen molar-refractivity contribution in [2.24, 2.45) is 21.6 Å². The van der Waals surface area contributed by atoms with E-state index in [-0.39, 0.29) is 8.42 Å². The minimum absolute atomic E-state index is 0.167. The summed E-state index contributed by atoms with van der Waals surface area (Å²) in [6, 6.07) is 7.63. The van der Waals surface area contributed by atoms with Crippen molar-refractivity contribution in [2.75, 3.05) is 13.7 Å². The summed E-state index contributed by atoms with van der Waals surface area (Å²) in [5.41, 5.74) is 17.0. The second kappa shape index (κ2) is 10.2. The van der Waals surface area contributed by atoms with E-state index in [9.17, 15) is 0 Å². The lowest BCUT2D eigenvalue weighted by atomic mass is 10.2. The van der Waals surface area contributed by atoms with E-state index in [1.54, 1.807) is 18.0 Å². The number of nitrogens with zero attached hydrogens (tertiary/aromatic N) is 2. The number of ether oxygens (including phenoxy) is 1. The van der Waals surface area contributed by atoms with Crippen molar-refractivity contribution in [3.05, 3.63) is 29.8 Å². The Morgan fingerprint density at radius 1 is 1.44 bits per heavy atom. The monoisotopic (exact) mass is 459 g/mol. The van der Waals surface area contributed by atoms with Gasteiger partial charge in [0.05, 0.1) is 14.0 Å². The van der Waals surface area contributed by atoms with Gasteiger partial charge in [-0.15, -0.1) is 0 Å². The lowest BCUT2D eigenvalue weighted by Crippen LogP contribution is -2.31. The van der Waals surface area contributed by atoms with Gasteiger partial charge in [-0.1, -0.05) is 30.0 Å². The first-order valence-electron chi connectivity index (χ1n) is 7.44. The molecule has 0 saturated heterocycles. The first-order valence-corrected chi connectivity index (χ1v) is 17.0. The molecule has 25 heavy (non-hydrogen) atoms. The van der Waals surface area contributed by atoms with Crippen LogP contribution in [0.4, 0.5) is 0 Å². The molecular weight excluding hydrogens is 434 g/mol. The van der Waals surface area contributed by atoms with E-state index in [2.05, 4.69) is 5.10 Å². The fraction of sp³-hybridized carbons (Fsp3) is 0.462. The van der Waals surface area contributed by atoms with Crippen molar-refractivity contribution in [1.82, 2.24) is 4.78 Å². The van der Waals surface area contributed by atoms with Crippen LogP contribution in [-0.4, -0.2) is 30.0 Å². The zero-order valence-corrected chi connectivity index (χ0v) is 20.0. The predicted molar refractivity (Wildman–Crippen MR) is 122 cm³/mol. The summed E-state index contributed by atoms with van der Waals surface area (Å²) in [7, 11) is 0.0681. The normalized spacial score (nSPS) is 19.5. The second-order valence-corrected chi connectivity index (χ2v) is 20.9. The molecule has 142 valence electrons. The van der Waals surface area contributed by atoms with Crippen molar-refractivity contribution in [2.45, 2.75) is 25.6 Å². The molecule has 12 heteroatoms. The third-order valence-corrected chi connectivity index (χ3v) is 14.7. The van der Waals surface area contributed by atoms with Crippen molar-refractivity contribution < 1.29 is 4.74 Å². The first kappa shape index (κ1) is 23.6. The van der Waals surface area contributed by atoms with E-state index in [4.69, 9.17) is 44.3 Å². The summed E-state index contributed by atoms with van der Waals surface area (Å²) in [5, 5.41) is 3.79. The molecule has 1 aromatic rings. The summed E-state index contributed by atoms with van der Waals surface area (Å²) < 4.78 is 7.80. The van der Waals surface area contributed by atoms with E-state index in [0.717, 1.165) is 17.7 Å². The molecule has 0 aliphatic heterocycles. The Morgan fingerprint density at radius 2 is 2.00 bits per heavy atom. The third kappa shape index (κ3) is 7.26. The van der Waals surface area contributed by atoms with E-state index < -0.39 is 26.1 Å². The van der Waals surface area contributed by atoms with Crippen LogP contribution >= 0.6 is 40.4 Å². The van der Waals surface area contributed by atoms with Gasteiger partial charge in [-0.05, 0) is 58.3 Å². The van der Waals surface area contributed by atoms with Gasteiger partial charge in [-0.2, -0.15) is 5.10 Å². The van der Waals surface area contributed by atoms with Gasteiger partial charge in [0.15, 0.2) is 0 Å². The summed E-state index contributed by atoms with van der Waals surface area (Å²) in [4.78, 5) is 0. The van der Waals surface area contributed by atoms with Crippen LogP contribution in [0.1, 0.15) is 25.8 Å². The van der Waals surface area contributed by atoms with Crippen LogP contribution in [0.25, 0.3) is 0 Å². The molecule has 6 nitrogen and oxygen atoms in total. The Labute approximate surface area is 164 Å². The molecule has 0 amide bonds. The molecule has 0 bridgehead atoms. The fourth-order valence-corrected chi connectivity index (χ4v) is 8.58. The molecule has 0 fully saturated rings. The average molecular weight is 460 g/mol. The average Bonchev–Trinajstić information content (AvgIpc) is 2.58. The number of rotatable bonds is 9. The van der Waals surface area contributed by atoms with Gasteiger partial charge in [0.25, 0.3) is 0 Å². The number of hydrogen-bond acceptors (Lipinski definition) is 6. The van der Waals surface area contributed by atoms with Crippen LogP contribution in [0, 0.1) is 0 Å². The highest BCUT2D eigenvalue weighted by atomic mass is 35.7. The Bertz CT molecular complexity index is 631. The maximum Gasteiger partial charge on any atom is 0.143 e. The van der Waals surface area contributed by atoms with Gasteiger partial charge in [-0.3, -0.25) is 4.78 Å². The Hall–Kier alpha value is 0.600. The lowest BCUT2D eigenvalue weighted by molar-refractivity contribution is 0.176. The Kier molecular flexibility index (Phi) is 9.67. The van der Waals surface area contributed by atoms with Crippen LogP contribution in [0.5, 0.6) is 5.75 Å². The zero-order valence-electron chi connectivity index (χ0n) is 14.8. The van der Waals surface area contributed by atoms with Crippen molar-refractivity contribution in [3.63, 3.8) is 0 Å². The SMILES string of the molecule is CCC(C)(Oc1ccc(/C=N/N(C)P(C)(=S)Cl)cc1)P(N)P(N)PN. The minimum atomic E-state index is -2.07. The smallest absolute Gasteiger partial charge is 0.143 e. The van der Waals surface area contributed by atoms with Crippen molar-refractivity contribution in [1.29, 1.82) is 0 Å². The molecule has 0 aromatic heterocycles. The van der Waals surface area contributed by atoms with E-state index in [0.29, 0.717) is 0 Å². The number of benzene rings is 1. The molecule has 0 saturated carbocycles. The van der Waals surface area contributed by atoms with Gasteiger partial charge in [-0.25, -0.2) is 0 Å².